The van der Waals surface area contributed by atoms with Crippen molar-refractivity contribution in [2.45, 2.75) is 13.3 Å². The Bertz CT molecular complexity index is 479. The Morgan fingerprint density at radius 1 is 1.28 bits per heavy atom. The van der Waals surface area contributed by atoms with E-state index >= 15 is 0 Å². The van der Waals surface area contributed by atoms with Crippen LogP contribution >= 0.6 is 0 Å². The molecule has 0 aliphatic heterocycles. The fourth-order valence-electron chi connectivity index (χ4n) is 1.57. The molecule has 0 saturated carbocycles. The lowest BCUT2D eigenvalue weighted by atomic mass is 10.2. The Morgan fingerprint density at radius 3 is 2.72 bits per heavy atom. The molecule has 5 heteroatoms. The zero-order chi connectivity index (χ0) is 12.8. The summed E-state index contributed by atoms with van der Waals surface area (Å²) < 4.78 is 10.6. The maximum absolute atomic E-state index is 5.38. The second-order valence-corrected chi connectivity index (χ2v) is 3.83. The highest BCUT2D eigenvalue weighted by molar-refractivity contribution is 5.54. The summed E-state index contributed by atoms with van der Waals surface area (Å²) in [6.07, 6.45) is 0.761. The van der Waals surface area contributed by atoms with Gasteiger partial charge in [-0.15, -0.1) is 0 Å². The first-order valence-electron chi connectivity index (χ1n) is 6.04. The van der Waals surface area contributed by atoms with Gasteiger partial charge in [0.25, 0.3) is 5.89 Å². The standard InChI is InChI=1S/C13H17N3O2/c1-3-17-11-6-4-10(5-7-11)13-15-12(16-18-13)8-9-14-2/h4-7,14H,3,8-9H2,1-2H3. The summed E-state index contributed by atoms with van der Waals surface area (Å²) in [4.78, 5) is 4.34. The van der Waals surface area contributed by atoms with Gasteiger partial charge in [-0.25, -0.2) is 0 Å². The molecule has 18 heavy (non-hydrogen) atoms. The van der Waals surface area contributed by atoms with Gasteiger partial charge < -0.3 is 14.6 Å². The number of nitrogens with zero attached hydrogens (tertiary/aromatic N) is 2. The Morgan fingerprint density at radius 2 is 2.06 bits per heavy atom. The zero-order valence-electron chi connectivity index (χ0n) is 10.6. The molecule has 2 rings (SSSR count). The van der Waals surface area contributed by atoms with Crippen LogP contribution in [0.5, 0.6) is 5.75 Å². The molecule has 0 radical (unpaired) electrons. The zero-order valence-corrected chi connectivity index (χ0v) is 10.6. The van der Waals surface area contributed by atoms with Gasteiger partial charge >= 0.3 is 0 Å². The van der Waals surface area contributed by atoms with Crippen LogP contribution in [0.15, 0.2) is 28.8 Å². The molecular weight excluding hydrogens is 230 g/mol. The summed E-state index contributed by atoms with van der Waals surface area (Å²) in [5.41, 5.74) is 0.904. The molecule has 0 unspecified atom stereocenters. The minimum atomic E-state index is 0.546. The number of hydrogen-bond acceptors (Lipinski definition) is 5. The molecule has 0 bridgehead atoms. The molecule has 0 amide bonds. The highest BCUT2D eigenvalue weighted by Crippen LogP contribution is 2.20. The first-order chi connectivity index (χ1) is 8.83. The van der Waals surface area contributed by atoms with Crippen LogP contribution < -0.4 is 10.1 Å². The first kappa shape index (κ1) is 12.6. The molecule has 1 aromatic heterocycles. The molecule has 0 fully saturated rings. The summed E-state index contributed by atoms with van der Waals surface area (Å²) in [7, 11) is 1.90. The van der Waals surface area contributed by atoms with Gasteiger partial charge in [-0.2, -0.15) is 4.98 Å². The molecule has 0 saturated heterocycles. The van der Waals surface area contributed by atoms with Crippen molar-refractivity contribution >= 4 is 0 Å². The molecule has 5 nitrogen and oxygen atoms in total. The van der Waals surface area contributed by atoms with Crippen molar-refractivity contribution in [2.75, 3.05) is 20.2 Å². The number of aromatic nitrogens is 2. The minimum absolute atomic E-state index is 0.546. The number of ether oxygens (including phenoxy) is 1. The number of rotatable bonds is 6. The van der Waals surface area contributed by atoms with E-state index in [2.05, 4.69) is 15.5 Å². The van der Waals surface area contributed by atoms with E-state index in [0.717, 1.165) is 24.3 Å². The van der Waals surface area contributed by atoms with E-state index < -0.39 is 0 Å². The number of likely N-dealkylation sites (N-methyl/N-ethyl adjacent to an activating group) is 1. The smallest absolute Gasteiger partial charge is 0.257 e. The maximum Gasteiger partial charge on any atom is 0.257 e. The molecule has 0 spiro atoms. The van der Waals surface area contributed by atoms with E-state index in [4.69, 9.17) is 9.26 Å². The minimum Gasteiger partial charge on any atom is -0.494 e. The number of nitrogens with one attached hydrogen (secondary N) is 1. The first-order valence-corrected chi connectivity index (χ1v) is 6.04. The molecule has 1 N–H and O–H groups in total. The van der Waals surface area contributed by atoms with Crippen molar-refractivity contribution in [2.24, 2.45) is 0 Å². The second-order valence-electron chi connectivity index (χ2n) is 3.83. The van der Waals surface area contributed by atoms with Crippen molar-refractivity contribution in [1.29, 1.82) is 0 Å². The molecular formula is C13H17N3O2. The fourth-order valence-corrected chi connectivity index (χ4v) is 1.57. The highest BCUT2D eigenvalue weighted by atomic mass is 16.5. The quantitative estimate of drug-likeness (QED) is 0.844. The van der Waals surface area contributed by atoms with Gasteiger partial charge in [-0.05, 0) is 38.2 Å². The molecule has 96 valence electrons. The SMILES string of the molecule is CCOc1ccc(-c2nc(CCNC)no2)cc1. The van der Waals surface area contributed by atoms with E-state index in [9.17, 15) is 0 Å². The number of hydrogen-bond donors (Lipinski definition) is 1. The summed E-state index contributed by atoms with van der Waals surface area (Å²) in [5, 5.41) is 6.98. The van der Waals surface area contributed by atoms with Crippen molar-refractivity contribution in [3.8, 4) is 17.2 Å². The lowest BCUT2D eigenvalue weighted by molar-refractivity contribution is 0.340. The van der Waals surface area contributed by atoms with Gasteiger partial charge in [-0.1, -0.05) is 5.16 Å². The van der Waals surface area contributed by atoms with E-state index in [-0.39, 0.29) is 0 Å². The van der Waals surface area contributed by atoms with Crippen LogP contribution in [0.2, 0.25) is 0 Å². The van der Waals surface area contributed by atoms with Gasteiger partial charge in [-0.3, -0.25) is 0 Å². The summed E-state index contributed by atoms with van der Waals surface area (Å²) in [6, 6.07) is 7.63. The third-order valence-electron chi connectivity index (χ3n) is 2.48. The third kappa shape index (κ3) is 3.07. The molecule has 1 heterocycles. The predicted octanol–water partition coefficient (Wildman–Crippen LogP) is 1.90. The van der Waals surface area contributed by atoms with E-state index in [1.807, 2.05) is 38.2 Å². The summed E-state index contributed by atoms with van der Waals surface area (Å²) >= 11 is 0. The predicted molar refractivity (Wildman–Crippen MR) is 68.5 cm³/mol. The van der Waals surface area contributed by atoms with Gasteiger partial charge in [0.15, 0.2) is 5.82 Å². The molecule has 0 aliphatic carbocycles. The third-order valence-corrected chi connectivity index (χ3v) is 2.48. The van der Waals surface area contributed by atoms with Crippen LogP contribution in [0.25, 0.3) is 11.5 Å². The normalized spacial score (nSPS) is 10.6. The molecule has 0 atom stereocenters. The molecule has 1 aromatic carbocycles. The van der Waals surface area contributed by atoms with Crippen LogP contribution in [-0.4, -0.2) is 30.3 Å². The lowest BCUT2D eigenvalue weighted by Crippen LogP contribution is -2.10. The van der Waals surface area contributed by atoms with Crippen molar-refractivity contribution in [1.82, 2.24) is 15.5 Å². The van der Waals surface area contributed by atoms with E-state index in [0.29, 0.717) is 18.3 Å². The van der Waals surface area contributed by atoms with Crippen LogP contribution in [0.4, 0.5) is 0 Å². The Hall–Kier alpha value is -1.88. The maximum atomic E-state index is 5.38. The fraction of sp³-hybridized carbons (Fsp3) is 0.385. The van der Waals surface area contributed by atoms with Crippen LogP contribution in [0.3, 0.4) is 0 Å². The largest absolute Gasteiger partial charge is 0.494 e. The van der Waals surface area contributed by atoms with Crippen LogP contribution in [0.1, 0.15) is 12.7 Å². The summed E-state index contributed by atoms with van der Waals surface area (Å²) in [5.74, 6) is 2.11. The highest BCUT2D eigenvalue weighted by Gasteiger charge is 2.08. The summed E-state index contributed by atoms with van der Waals surface area (Å²) in [6.45, 7) is 3.45. The van der Waals surface area contributed by atoms with E-state index in [1.165, 1.54) is 0 Å². The van der Waals surface area contributed by atoms with Crippen molar-refractivity contribution in [3.05, 3.63) is 30.1 Å². The van der Waals surface area contributed by atoms with E-state index in [1.54, 1.807) is 0 Å². The molecule has 0 aliphatic rings. The van der Waals surface area contributed by atoms with Crippen LogP contribution in [0, 0.1) is 0 Å². The lowest BCUT2D eigenvalue weighted by Gasteiger charge is -2.02. The Labute approximate surface area is 106 Å². The van der Waals surface area contributed by atoms with Gasteiger partial charge in [0.05, 0.1) is 6.61 Å². The van der Waals surface area contributed by atoms with Gasteiger partial charge in [0.2, 0.25) is 0 Å². The Balaban J connectivity index is 2.08. The Kier molecular flexibility index (Phi) is 4.30. The molecule has 2 aromatic rings. The second kappa shape index (κ2) is 6.16. The van der Waals surface area contributed by atoms with Crippen molar-refractivity contribution in [3.63, 3.8) is 0 Å². The monoisotopic (exact) mass is 247 g/mol. The van der Waals surface area contributed by atoms with Gasteiger partial charge in [0.1, 0.15) is 5.75 Å². The van der Waals surface area contributed by atoms with Crippen LogP contribution in [-0.2, 0) is 6.42 Å². The van der Waals surface area contributed by atoms with Gasteiger partial charge in [0, 0.05) is 18.5 Å². The van der Waals surface area contributed by atoms with Crippen molar-refractivity contribution < 1.29 is 9.26 Å². The average Bonchev–Trinajstić information content (AvgIpc) is 2.86. The average molecular weight is 247 g/mol. The number of benzene rings is 1. The topological polar surface area (TPSA) is 60.2 Å².